The number of rotatable bonds is 4. The third kappa shape index (κ3) is 3.45. The number of nitrogens with one attached hydrogen (secondary N) is 1. The fraction of sp³-hybridized carbons (Fsp3) is 0.100. The average Bonchev–Trinajstić information content (AvgIpc) is 3.32. The molecule has 0 spiro atoms. The summed E-state index contributed by atoms with van der Waals surface area (Å²) < 4.78 is 5.24. The molecule has 4 aromatic rings. The highest BCUT2D eigenvalue weighted by molar-refractivity contribution is 7.19. The lowest BCUT2D eigenvalue weighted by Gasteiger charge is -2.05. The predicted octanol–water partition coefficient (Wildman–Crippen LogP) is 4.25. The van der Waals surface area contributed by atoms with Gasteiger partial charge >= 0.3 is 5.97 Å². The van der Waals surface area contributed by atoms with Gasteiger partial charge in [-0.15, -0.1) is 22.7 Å². The number of esters is 1. The number of H-pyrrole nitrogens is 1. The number of hydrogen-bond acceptors (Lipinski definition) is 7. The summed E-state index contributed by atoms with van der Waals surface area (Å²) in [5, 5.41) is 11.3. The topological polar surface area (TPSA) is 95.8 Å². The summed E-state index contributed by atoms with van der Waals surface area (Å²) in [7, 11) is 0. The molecule has 0 aliphatic rings. The minimum atomic E-state index is -0.548. The first-order valence-corrected chi connectivity index (χ1v) is 9.99. The molecule has 4 rings (SSSR count). The third-order valence-corrected chi connectivity index (χ3v) is 5.99. The lowest BCUT2D eigenvalue weighted by Crippen LogP contribution is -2.14. The van der Waals surface area contributed by atoms with Crippen molar-refractivity contribution < 1.29 is 9.53 Å². The maximum absolute atomic E-state index is 12.6. The number of nitriles is 1. The monoisotopic (exact) mass is 407 g/mol. The van der Waals surface area contributed by atoms with Crippen molar-refractivity contribution in [2.45, 2.75) is 13.5 Å². The van der Waals surface area contributed by atoms with Crippen LogP contribution in [0, 0.1) is 18.3 Å². The predicted molar refractivity (Wildman–Crippen MR) is 109 cm³/mol. The number of ether oxygens (including phenoxy) is 1. The van der Waals surface area contributed by atoms with Crippen molar-refractivity contribution in [3.8, 4) is 16.5 Å². The summed E-state index contributed by atoms with van der Waals surface area (Å²) in [5.74, 6) is -0.261. The van der Waals surface area contributed by atoms with E-state index < -0.39 is 5.97 Å². The van der Waals surface area contributed by atoms with Crippen molar-refractivity contribution in [1.82, 2.24) is 9.97 Å². The molecule has 0 atom stereocenters. The van der Waals surface area contributed by atoms with E-state index in [1.54, 1.807) is 23.5 Å². The molecule has 0 saturated heterocycles. The van der Waals surface area contributed by atoms with Gasteiger partial charge in [0.25, 0.3) is 5.56 Å². The Morgan fingerprint density at radius 3 is 2.71 bits per heavy atom. The summed E-state index contributed by atoms with van der Waals surface area (Å²) in [6, 6.07) is 12.1. The molecule has 3 aromatic heterocycles. The lowest BCUT2D eigenvalue weighted by molar-refractivity contribution is 0.0462. The Labute approximate surface area is 167 Å². The molecule has 6 nitrogen and oxygen atoms in total. The molecule has 0 radical (unpaired) electrons. The minimum absolute atomic E-state index is 0.143. The zero-order valence-corrected chi connectivity index (χ0v) is 16.3. The molecule has 0 aliphatic heterocycles. The van der Waals surface area contributed by atoms with Gasteiger partial charge in [-0.2, -0.15) is 5.26 Å². The van der Waals surface area contributed by atoms with Gasteiger partial charge in [-0.25, -0.2) is 9.78 Å². The van der Waals surface area contributed by atoms with Gasteiger partial charge in [0.1, 0.15) is 17.3 Å². The lowest BCUT2D eigenvalue weighted by atomic mass is 10.1. The highest BCUT2D eigenvalue weighted by Crippen LogP contribution is 2.34. The highest BCUT2D eigenvalue weighted by atomic mass is 32.1. The van der Waals surface area contributed by atoms with E-state index in [-0.39, 0.29) is 18.0 Å². The summed E-state index contributed by atoms with van der Waals surface area (Å²) in [6.45, 7) is 1.88. The molecule has 0 saturated carbocycles. The number of carbonyl (C=O) groups is 1. The first-order valence-electron chi connectivity index (χ1n) is 8.29. The van der Waals surface area contributed by atoms with Crippen LogP contribution in [0.5, 0.6) is 0 Å². The van der Waals surface area contributed by atoms with Gasteiger partial charge in [-0.1, -0.05) is 0 Å². The number of nitrogens with zero attached hydrogens (tertiary/aromatic N) is 2. The fourth-order valence-corrected chi connectivity index (χ4v) is 4.64. The van der Waals surface area contributed by atoms with E-state index in [0.29, 0.717) is 21.3 Å². The maximum atomic E-state index is 12.6. The number of aryl methyl sites for hydroxylation is 1. The number of hydrogen-bond donors (Lipinski definition) is 1. The van der Waals surface area contributed by atoms with Crippen LogP contribution in [0.3, 0.4) is 0 Å². The molecule has 138 valence electrons. The molecule has 0 bridgehead atoms. The number of aromatic nitrogens is 2. The molecule has 1 aromatic carbocycles. The van der Waals surface area contributed by atoms with Gasteiger partial charge in [-0.05, 0) is 43.3 Å². The molecule has 8 heteroatoms. The van der Waals surface area contributed by atoms with Crippen molar-refractivity contribution in [3.63, 3.8) is 0 Å². The van der Waals surface area contributed by atoms with Crippen LogP contribution in [-0.2, 0) is 11.3 Å². The number of aromatic amines is 1. The minimum Gasteiger partial charge on any atom is -0.454 e. The summed E-state index contributed by atoms with van der Waals surface area (Å²) in [4.78, 5) is 34.7. The molecule has 0 fully saturated rings. The van der Waals surface area contributed by atoms with E-state index in [4.69, 9.17) is 10.00 Å². The Kier molecular flexibility index (Phi) is 4.77. The number of fused-ring (bicyclic) bond motifs is 1. The standard InChI is InChI=1S/C20H13N3O3S2/c1-11-2-7-15(28-11)14-10-27-19-17(14)18(24)22-16(23-19)9-26-20(25)13-5-3-12(8-21)4-6-13/h2-7,10H,9H2,1H3,(H,22,23,24). The van der Waals surface area contributed by atoms with Crippen LogP contribution < -0.4 is 5.56 Å². The van der Waals surface area contributed by atoms with Crippen LogP contribution in [0.15, 0.2) is 46.6 Å². The van der Waals surface area contributed by atoms with E-state index >= 15 is 0 Å². The smallest absolute Gasteiger partial charge is 0.338 e. The van der Waals surface area contributed by atoms with E-state index in [2.05, 4.69) is 9.97 Å². The second kappa shape index (κ2) is 7.38. The van der Waals surface area contributed by atoms with Crippen LogP contribution in [0.2, 0.25) is 0 Å². The van der Waals surface area contributed by atoms with Crippen molar-refractivity contribution in [2.24, 2.45) is 0 Å². The van der Waals surface area contributed by atoms with Gasteiger partial charge in [0, 0.05) is 20.7 Å². The second-order valence-electron chi connectivity index (χ2n) is 6.02. The van der Waals surface area contributed by atoms with Crippen LogP contribution >= 0.6 is 22.7 Å². The van der Waals surface area contributed by atoms with Gasteiger partial charge in [0.05, 0.1) is 22.6 Å². The Balaban J connectivity index is 1.56. The van der Waals surface area contributed by atoms with Crippen molar-refractivity contribution in [1.29, 1.82) is 5.26 Å². The molecule has 0 unspecified atom stereocenters. The summed E-state index contributed by atoms with van der Waals surface area (Å²) >= 11 is 3.01. The van der Waals surface area contributed by atoms with Gasteiger partial charge < -0.3 is 9.72 Å². The highest BCUT2D eigenvalue weighted by Gasteiger charge is 2.15. The van der Waals surface area contributed by atoms with E-state index in [0.717, 1.165) is 10.4 Å². The van der Waals surface area contributed by atoms with Gasteiger partial charge in [0.2, 0.25) is 0 Å². The number of benzene rings is 1. The van der Waals surface area contributed by atoms with Crippen molar-refractivity contribution in [2.75, 3.05) is 0 Å². The Morgan fingerprint density at radius 2 is 2.04 bits per heavy atom. The van der Waals surface area contributed by atoms with Crippen LogP contribution in [0.1, 0.15) is 26.6 Å². The molecule has 1 N–H and O–H groups in total. The third-order valence-electron chi connectivity index (χ3n) is 4.09. The summed E-state index contributed by atoms with van der Waals surface area (Å²) in [5.41, 5.74) is 1.40. The number of carbonyl (C=O) groups excluding carboxylic acids is 1. The largest absolute Gasteiger partial charge is 0.454 e. The van der Waals surface area contributed by atoms with Crippen LogP contribution in [-0.4, -0.2) is 15.9 Å². The van der Waals surface area contributed by atoms with E-state index in [9.17, 15) is 9.59 Å². The van der Waals surface area contributed by atoms with Gasteiger partial charge in [-0.3, -0.25) is 4.79 Å². The van der Waals surface area contributed by atoms with E-state index in [1.165, 1.54) is 28.3 Å². The zero-order valence-electron chi connectivity index (χ0n) is 14.7. The molecule has 0 aliphatic carbocycles. The van der Waals surface area contributed by atoms with Crippen LogP contribution in [0.25, 0.3) is 20.7 Å². The van der Waals surface area contributed by atoms with Gasteiger partial charge in [0.15, 0.2) is 0 Å². The normalized spacial score (nSPS) is 10.7. The van der Waals surface area contributed by atoms with Crippen LogP contribution in [0.4, 0.5) is 0 Å². The first-order chi connectivity index (χ1) is 13.5. The zero-order chi connectivity index (χ0) is 19.7. The Hall–Kier alpha value is -3.28. The SMILES string of the molecule is Cc1ccc(-c2csc3nc(COC(=O)c4ccc(C#N)cc4)[nH]c(=O)c23)s1. The second-order valence-corrected chi connectivity index (χ2v) is 8.16. The molecular formula is C20H13N3O3S2. The molecule has 28 heavy (non-hydrogen) atoms. The van der Waals surface area contributed by atoms with Crippen molar-refractivity contribution in [3.05, 3.63) is 74.0 Å². The Bertz CT molecular complexity index is 1280. The molecular weight excluding hydrogens is 394 g/mol. The number of thiophene rings is 2. The van der Waals surface area contributed by atoms with E-state index in [1.807, 2.05) is 30.5 Å². The molecule has 3 heterocycles. The summed E-state index contributed by atoms with van der Waals surface area (Å²) in [6.07, 6.45) is 0. The van der Waals surface area contributed by atoms with Crippen molar-refractivity contribution >= 4 is 38.9 Å². The Morgan fingerprint density at radius 1 is 1.25 bits per heavy atom. The average molecular weight is 407 g/mol. The first kappa shape index (κ1) is 18.1. The fourth-order valence-electron chi connectivity index (χ4n) is 2.72. The molecule has 0 amide bonds. The quantitative estimate of drug-likeness (QED) is 0.510. The maximum Gasteiger partial charge on any atom is 0.338 e.